The smallest absolute Gasteiger partial charge is 0.271 e. The van der Waals surface area contributed by atoms with Crippen molar-refractivity contribution in [2.75, 3.05) is 7.11 Å². The molecule has 1 aromatic heterocycles. The lowest BCUT2D eigenvalue weighted by atomic mass is 9.96. The molecule has 0 aliphatic heterocycles. The van der Waals surface area contributed by atoms with Crippen LogP contribution < -0.4 is 16.0 Å². The molecule has 1 heterocycles. The molecule has 0 saturated heterocycles. The molecule has 0 radical (unpaired) electrons. The number of aromatic nitrogens is 2. The van der Waals surface area contributed by atoms with Crippen molar-refractivity contribution in [3.8, 4) is 17.0 Å². The molecule has 1 aromatic carbocycles. The van der Waals surface area contributed by atoms with Crippen LogP contribution in [0.25, 0.3) is 11.3 Å². The van der Waals surface area contributed by atoms with E-state index >= 15 is 0 Å². The number of benzene rings is 1. The lowest BCUT2D eigenvalue weighted by molar-refractivity contribution is 0.415. The normalized spacial score (nSPS) is 11.5. The van der Waals surface area contributed by atoms with Crippen LogP contribution in [-0.2, 0) is 12.6 Å². The summed E-state index contributed by atoms with van der Waals surface area (Å²) in [4.78, 5) is 12.1. The summed E-state index contributed by atoms with van der Waals surface area (Å²) in [6, 6.07) is 7.06. The molecule has 2 rings (SSSR count). The third kappa shape index (κ3) is 3.09. The fourth-order valence-electron chi connectivity index (χ4n) is 2.04. The molecule has 0 aliphatic rings. The molecule has 0 atom stereocenters. The topological polar surface area (TPSA) is 70.1 Å². The van der Waals surface area contributed by atoms with Crippen LogP contribution in [0.3, 0.4) is 0 Å². The summed E-state index contributed by atoms with van der Waals surface area (Å²) in [7, 11) is 3.16. The molecular formula is C15H18ClN3O2. The van der Waals surface area contributed by atoms with Gasteiger partial charge in [0.25, 0.3) is 5.56 Å². The van der Waals surface area contributed by atoms with Crippen molar-refractivity contribution in [2.45, 2.75) is 19.4 Å². The highest BCUT2D eigenvalue weighted by Gasteiger charge is 2.21. The van der Waals surface area contributed by atoms with E-state index in [1.165, 1.54) is 4.68 Å². The third-order valence-electron chi connectivity index (χ3n) is 3.20. The van der Waals surface area contributed by atoms with E-state index in [1.807, 2.05) is 6.07 Å². The van der Waals surface area contributed by atoms with E-state index in [-0.39, 0.29) is 5.56 Å². The first-order valence-corrected chi connectivity index (χ1v) is 6.83. The van der Waals surface area contributed by atoms with Gasteiger partial charge in [0.05, 0.1) is 17.8 Å². The Morgan fingerprint density at radius 2 is 2.00 bits per heavy atom. The molecule has 5 nitrogen and oxygen atoms in total. The highest BCUT2D eigenvalue weighted by molar-refractivity contribution is 6.32. The van der Waals surface area contributed by atoms with Crippen LogP contribution in [0.4, 0.5) is 0 Å². The molecule has 0 amide bonds. The van der Waals surface area contributed by atoms with Gasteiger partial charge in [-0.05, 0) is 38.1 Å². The Morgan fingerprint density at radius 1 is 1.33 bits per heavy atom. The predicted octanol–water partition coefficient (Wildman–Crippen LogP) is 2.30. The maximum atomic E-state index is 12.1. The molecule has 21 heavy (non-hydrogen) atoms. The zero-order valence-corrected chi connectivity index (χ0v) is 13.2. The number of halogens is 1. The number of hydrogen-bond donors (Lipinski definition) is 1. The number of hydrogen-bond acceptors (Lipinski definition) is 4. The number of ether oxygens (including phenoxy) is 1. The Kier molecular flexibility index (Phi) is 4.07. The number of aryl methyl sites for hydroxylation is 1. The summed E-state index contributed by atoms with van der Waals surface area (Å²) in [5.74, 6) is 0.588. The fourth-order valence-corrected chi connectivity index (χ4v) is 2.29. The van der Waals surface area contributed by atoms with Crippen LogP contribution in [-0.4, -0.2) is 16.9 Å². The average molecular weight is 308 g/mol. The van der Waals surface area contributed by atoms with E-state index in [1.54, 1.807) is 46.2 Å². The number of rotatable bonds is 3. The summed E-state index contributed by atoms with van der Waals surface area (Å²) in [5.41, 5.74) is 7.04. The first kappa shape index (κ1) is 15.5. The molecule has 2 aromatic rings. The minimum atomic E-state index is -0.747. The van der Waals surface area contributed by atoms with Crippen molar-refractivity contribution in [1.82, 2.24) is 9.78 Å². The lowest BCUT2D eigenvalue weighted by Crippen LogP contribution is -2.38. The first-order valence-electron chi connectivity index (χ1n) is 6.45. The van der Waals surface area contributed by atoms with Gasteiger partial charge in [-0.25, -0.2) is 4.68 Å². The minimum Gasteiger partial charge on any atom is -0.495 e. The van der Waals surface area contributed by atoms with Gasteiger partial charge >= 0.3 is 0 Å². The zero-order chi connectivity index (χ0) is 15.8. The molecule has 0 fully saturated rings. The largest absolute Gasteiger partial charge is 0.495 e. The standard InChI is InChI=1S/C15H18ClN3O2/c1-15(2,17)10-8-12(18-19(3)14(10)20)9-5-6-13(21-4)11(16)7-9/h5-8H,17H2,1-4H3. The van der Waals surface area contributed by atoms with E-state index in [0.29, 0.717) is 22.0 Å². The number of nitrogens with zero attached hydrogens (tertiary/aromatic N) is 2. The van der Waals surface area contributed by atoms with E-state index < -0.39 is 5.54 Å². The van der Waals surface area contributed by atoms with E-state index in [9.17, 15) is 4.79 Å². The van der Waals surface area contributed by atoms with Crippen LogP contribution in [0.15, 0.2) is 29.1 Å². The molecule has 0 bridgehead atoms. The summed E-state index contributed by atoms with van der Waals surface area (Å²) in [5, 5.41) is 4.75. The van der Waals surface area contributed by atoms with Gasteiger partial charge in [0.1, 0.15) is 5.75 Å². The van der Waals surface area contributed by atoms with E-state index in [2.05, 4.69) is 5.10 Å². The molecule has 0 spiro atoms. The summed E-state index contributed by atoms with van der Waals surface area (Å²) in [6.07, 6.45) is 0. The number of nitrogens with two attached hydrogens (primary N) is 1. The van der Waals surface area contributed by atoms with Gasteiger partial charge in [0, 0.05) is 23.7 Å². The fraction of sp³-hybridized carbons (Fsp3) is 0.333. The van der Waals surface area contributed by atoms with Crippen LogP contribution in [0.5, 0.6) is 5.75 Å². The van der Waals surface area contributed by atoms with Gasteiger partial charge in [-0.2, -0.15) is 5.10 Å². The van der Waals surface area contributed by atoms with Crippen LogP contribution in [0.2, 0.25) is 5.02 Å². The van der Waals surface area contributed by atoms with Crippen LogP contribution >= 0.6 is 11.6 Å². The number of methoxy groups -OCH3 is 1. The Labute approximate surface area is 128 Å². The Morgan fingerprint density at radius 3 is 2.52 bits per heavy atom. The maximum absolute atomic E-state index is 12.1. The quantitative estimate of drug-likeness (QED) is 0.944. The Balaban J connectivity index is 2.63. The van der Waals surface area contributed by atoms with Crippen molar-refractivity contribution in [3.05, 3.63) is 45.2 Å². The molecule has 0 unspecified atom stereocenters. The van der Waals surface area contributed by atoms with Gasteiger partial charge < -0.3 is 10.5 Å². The Bertz CT molecular complexity index is 733. The highest BCUT2D eigenvalue weighted by atomic mass is 35.5. The van der Waals surface area contributed by atoms with Crippen molar-refractivity contribution in [2.24, 2.45) is 12.8 Å². The van der Waals surface area contributed by atoms with Gasteiger partial charge in [0.15, 0.2) is 0 Å². The second-order valence-electron chi connectivity index (χ2n) is 5.44. The molecular weight excluding hydrogens is 290 g/mol. The SMILES string of the molecule is COc1ccc(-c2cc(C(C)(C)N)c(=O)n(C)n2)cc1Cl. The molecule has 0 saturated carbocycles. The molecule has 112 valence electrons. The van der Waals surface area contributed by atoms with Crippen LogP contribution in [0, 0.1) is 0 Å². The molecule has 2 N–H and O–H groups in total. The predicted molar refractivity (Wildman–Crippen MR) is 83.7 cm³/mol. The van der Waals surface area contributed by atoms with E-state index in [4.69, 9.17) is 22.1 Å². The molecule has 6 heteroatoms. The Hall–Kier alpha value is -1.85. The van der Waals surface area contributed by atoms with Gasteiger partial charge in [0.2, 0.25) is 0 Å². The van der Waals surface area contributed by atoms with Gasteiger partial charge in [-0.1, -0.05) is 11.6 Å². The molecule has 0 aliphatic carbocycles. The zero-order valence-electron chi connectivity index (χ0n) is 12.5. The summed E-state index contributed by atoms with van der Waals surface area (Å²) < 4.78 is 6.42. The highest BCUT2D eigenvalue weighted by Crippen LogP contribution is 2.29. The van der Waals surface area contributed by atoms with Crippen LogP contribution in [0.1, 0.15) is 19.4 Å². The summed E-state index contributed by atoms with van der Waals surface area (Å²) >= 11 is 6.13. The van der Waals surface area contributed by atoms with Crippen molar-refractivity contribution >= 4 is 11.6 Å². The maximum Gasteiger partial charge on any atom is 0.271 e. The average Bonchev–Trinajstić information content (AvgIpc) is 2.40. The summed E-state index contributed by atoms with van der Waals surface area (Å²) in [6.45, 7) is 3.57. The van der Waals surface area contributed by atoms with Gasteiger partial charge in [-0.15, -0.1) is 0 Å². The van der Waals surface area contributed by atoms with E-state index in [0.717, 1.165) is 5.56 Å². The van der Waals surface area contributed by atoms with Crippen molar-refractivity contribution in [1.29, 1.82) is 0 Å². The van der Waals surface area contributed by atoms with Crippen molar-refractivity contribution < 1.29 is 4.74 Å². The first-order chi connectivity index (χ1) is 9.74. The minimum absolute atomic E-state index is 0.203. The second-order valence-corrected chi connectivity index (χ2v) is 5.85. The van der Waals surface area contributed by atoms with Gasteiger partial charge in [-0.3, -0.25) is 4.79 Å². The van der Waals surface area contributed by atoms with Crippen molar-refractivity contribution in [3.63, 3.8) is 0 Å². The lowest BCUT2D eigenvalue weighted by Gasteiger charge is -2.19. The second kappa shape index (κ2) is 5.50. The third-order valence-corrected chi connectivity index (χ3v) is 3.50. The monoisotopic (exact) mass is 307 g/mol.